The van der Waals surface area contributed by atoms with E-state index in [9.17, 15) is 0 Å². The first-order valence-corrected chi connectivity index (χ1v) is 6.28. The number of hydrazone groups is 1. The summed E-state index contributed by atoms with van der Waals surface area (Å²) in [5.41, 5.74) is 3.11. The molecule has 3 nitrogen and oxygen atoms in total. The van der Waals surface area contributed by atoms with Crippen LogP contribution in [0.4, 0.5) is 0 Å². The molecule has 0 aliphatic heterocycles. The molecule has 0 aliphatic rings. The minimum absolute atomic E-state index is 0.500. The third-order valence-corrected chi connectivity index (χ3v) is 3.06. The Morgan fingerprint density at radius 2 is 2.05 bits per heavy atom. The number of nitrogens with zero attached hydrogens (tertiary/aromatic N) is 1. The van der Waals surface area contributed by atoms with Gasteiger partial charge in [-0.1, -0.05) is 35.9 Å². The van der Waals surface area contributed by atoms with Gasteiger partial charge in [-0.3, -0.25) is 0 Å². The molecule has 0 aliphatic carbocycles. The van der Waals surface area contributed by atoms with Gasteiger partial charge in [-0.2, -0.15) is 5.10 Å². The first kappa shape index (κ1) is 13.4. The van der Waals surface area contributed by atoms with E-state index in [1.54, 1.807) is 12.1 Å². The van der Waals surface area contributed by atoms with Crippen molar-refractivity contribution in [2.24, 2.45) is 10.9 Å². The van der Waals surface area contributed by atoms with Crippen molar-refractivity contribution in [3.8, 4) is 5.75 Å². The number of halogens is 1. The zero-order chi connectivity index (χ0) is 13.7. The van der Waals surface area contributed by atoms with Crippen molar-refractivity contribution >= 4 is 17.8 Å². The highest BCUT2D eigenvalue weighted by Gasteiger charge is 2.04. The van der Waals surface area contributed by atoms with E-state index in [4.69, 9.17) is 22.2 Å². The number of nitrogens with two attached hydrogens (primary N) is 1. The Kier molecular flexibility index (Phi) is 4.42. The first-order valence-electron chi connectivity index (χ1n) is 5.91. The number of benzene rings is 2. The van der Waals surface area contributed by atoms with Gasteiger partial charge in [-0.15, -0.1) is 0 Å². The molecule has 0 amide bonds. The van der Waals surface area contributed by atoms with Gasteiger partial charge < -0.3 is 10.6 Å². The molecular weight excluding hydrogens is 260 g/mol. The van der Waals surface area contributed by atoms with Crippen LogP contribution in [0.15, 0.2) is 47.6 Å². The lowest BCUT2D eigenvalue weighted by Gasteiger charge is -2.11. The Labute approximate surface area is 117 Å². The highest BCUT2D eigenvalue weighted by atomic mass is 35.5. The second-order valence-electron chi connectivity index (χ2n) is 4.18. The van der Waals surface area contributed by atoms with E-state index in [2.05, 4.69) is 18.1 Å². The Morgan fingerprint density at radius 3 is 2.79 bits per heavy atom. The molecule has 4 heteroatoms. The molecule has 0 heterocycles. The average Bonchev–Trinajstić information content (AvgIpc) is 2.40. The van der Waals surface area contributed by atoms with Gasteiger partial charge in [-0.25, -0.2) is 0 Å². The summed E-state index contributed by atoms with van der Waals surface area (Å²) in [5, 5.41) is 4.14. The second-order valence-corrected chi connectivity index (χ2v) is 4.61. The minimum atomic E-state index is 0.500. The highest BCUT2D eigenvalue weighted by molar-refractivity contribution is 6.30. The van der Waals surface area contributed by atoms with Crippen LogP contribution >= 0.6 is 11.6 Å². The lowest BCUT2D eigenvalue weighted by molar-refractivity contribution is 0.305. The minimum Gasteiger partial charge on any atom is -0.488 e. The Hall–Kier alpha value is -2.00. The molecule has 98 valence electrons. The monoisotopic (exact) mass is 274 g/mol. The fraction of sp³-hybridized carbons (Fsp3) is 0.133. The molecule has 2 N–H and O–H groups in total. The van der Waals surface area contributed by atoms with Gasteiger partial charge >= 0.3 is 0 Å². The quantitative estimate of drug-likeness (QED) is 0.527. The van der Waals surface area contributed by atoms with E-state index in [0.717, 1.165) is 11.1 Å². The Bertz CT molecular complexity index is 596. The van der Waals surface area contributed by atoms with Crippen molar-refractivity contribution < 1.29 is 4.74 Å². The summed E-state index contributed by atoms with van der Waals surface area (Å²) in [6.45, 7) is 2.56. The topological polar surface area (TPSA) is 47.6 Å². The SMILES string of the molecule is Cc1ccccc1COc1ccc(Cl)cc1C=NN. The van der Waals surface area contributed by atoms with E-state index < -0.39 is 0 Å². The standard InChI is InChI=1S/C15H15ClN2O/c1-11-4-2-3-5-12(11)10-19-15-7-6-14(16)8-13(15)9-18-17/h2-9H,10,17H2,1H3. The molecule has 0 unspecified atom stereocenters. The largest absolute Gasteiger partial charge is 0.488 e. The predicted molar refractivity (Wildman–Crippen MR) is 78.7 cm³/mol. The maximum absolute atomic E-state index is 5.94. The van der Waals surface area contributed by atoms with Crippen molar-refractivity contribution in [2.45, 2.75) is 13.5 Å². The van der Waals surface area contributed by atoms with Crippen LogP contribution in [0.3, 0.4) is 0 Å². The maximum atomic E-state index is 5.94. The van der Waals surface area contributed by atoms with Crippen molar-refractivity contribution in [2.75, 3.05) is 0 Å². The zero-order valence-corrected chi connectivity index (χ0v) is 11.4. The van der Waals surface area contributed by atoms with Crippen LogP contribution in [-0.2, 0) is 6.61 Å². The van der Waals surface area contributed by atoms with E-state index in [1.807, 2.05) is 24.3 Å². The summed E-state index contributed by atoms with van der Waals surface area (Å²) < 4.78 is 5.81. The maximum Gasteiger partial charge on any atom is 0.128 e. The molecule has 0 saturated heterocycles. The average molecular weight is 275 g/mol. The van der Waals surface area contributed by atoms with Crippen molar-refractivity contribution in [1.82, 2.24) is 0 Å². The molecular formula is C15H15ClN2O. The lowest BCUT2D eigenvalue weighted by Crippen LogP contribution is -2.00. The number of ether oxygens (including phenoxy) is 1. The summed E-state index contributed by atoms with van der Waals surface area (Å²) in [5.74, 6) is 5.89. The summed E-state index contributed by atoms with van der Waals surface area (Å²) in [6, 6.07) is 13.5. The van der Waals surface area contributed by atoms with E-state index in [0.29, 0.717) is 17.4 Å². The third-order valence-electron chi connectivity index (χ3n) is 2.83. The predicted octanol–water partition coefficient (Wildman–Crippen LogP) is 3.52. The van der Waals surface area contributed by atoms with Crippen LogP contribution < -0.4 is 10.6 Å². The number of aryl methyl sites for hydroxylation is 1. The van der Waals surface area contributed by atoms with Crippen LogP contribution in [0.2, 0.25) is 5.02 Å². The number of hydrogen-bond donors (Lipinski definition) is 1. The van der Waals surface area contributed by atoms with Crippen molar-refractivity contribution in [3.05, 3.63) is 64.2 Å². The van der Waals surface area contributed by atoms with Gasteiger partial charge in [0.25, 0.3) is 0 Å². The van der Waals surface area contributed by atoms with Crippen molar-refractivity contribution in [3.63, 3.8) is 0 Å². The molecule has 19 heavy (non-hydrogen) atoms. The van der Waals surface area contributed by atoms with E-state index in [1.165, 1.54) is 11.8 Å². The Balaban J connectivity index is 2.18. The van der Waals surface area contributed by atoms with Gasteiger partial charge in [0.05, 0.1) is 6.21 Å². The molecule has 0 bridgehead atoms. The molecule has 0 saturated carbocycles. The van der Waals surface area contributed by atoms with Crippen LogP contribution in [0.25, 0.3) is 0 Å². The molecule has 2 aromatic carbocycles. The van der Waals surface area contributed by atoms with Gasteiger partial charge in [0.1, 0.15) is 12.4 Å². The Morgan fingerprint density at radius 1 is 1.26 bits per heavy atom. The molecule has 0 aromatic heterocycles. The van der Waals surface area contributed by atoms with Crippen LogP contribution in [0.5, 0.6) is 5.75 Å². The normalized spacial score (nSPS) is 10.8. The fourth-order valence-corrected chi connectivity index (χ4v) is 1.94. The van der Waals surface area contributed by atoms with Gasteiger partial charge in [-0.05, 0) is 36.2 Å². The van der Waals surface area contributed by atoms with Gasteiger partial charge in [0.2, 0.25) is 0 Å². The number of hydrogen-bond acceptors (Lipinski definition) is 3. The van der Waals surface area contributed by atoms with Crippen molar-refractivity contribution in [1.29, 1.82) is 0 Å². The van der Waals surface area contributed by atoms with E-state index >= 15 is 0 Å². The summed E-state index contributed by atoms with van der Waals surface area (Å²) in [7, 11) is 0. The highest BCUT2D eigenvalue weighted by Crippen LogP contribution is 2.22. The fourth-order valence-electron chi connectivity index (χ4n) is 1.76. The molecule has 0 fully saturated rings. The first-order chi connectivity index (χ1) is 9.20. The smallest absolute Gasteiger partial charge is 0.128 e. The van der Waals surface area contributed by atoms with E-state index in [-0.39, 0.29) is 0 Å². The molecule has 0 spiro atoms. The van der Waals surface area contributed by atoms with Crippen LogP contribution in [-0.4, -0.2) is 6.21 Å². The second kappa shape index (κ2) is 6.25. The molecule has 0 radical (unpaired) electrons. The summed E-state index contributed by atoms with van der Waals surface area (Å²) >= 11 is 5.94. The number of rotatable bonds is 4. The van der Waals surface area contributed by atoms with Gasteiger partial charge in [0, 0.05) is 10.6 Å². The van der Waals surface area contributed by atoms with Gasteiger partial charge in [0.15, 0.2) is 0 Å². The zero-order valence-electron chi connectivity index (χ0n) is 10.6. The summed E-state index contributed by atoms with van der Waals surface area (Å²) in [6.07, 6.45) is 1.53. The summed E-state index contributed by atoms with van der Waals surface area (Å²) in [4.78, 5) is 0. The van der Waals surface area contributed by atoms with Crippen LogP contribution in [0.1, 0.15) is 16.7 Å². The lowest BCUT2D eigenvalue weighted by atomic mass is 10.1. The van der Waals surface area contributed by atoms with Crippen LogP contribution in [0, 0.1) is 6.92 Å². The molecule has 2 rings (SSSR count). The molecule has 0 atom stereocenters. The third kappa shape index (κ3) is 3.48. The molecule has 2 aromatic rings.